The van der Waals surface area contributed by atoms with Crippen LogP contribution in [0.4, 0.5) is 0 Å². The Hall–Kier alpha value is -2.08. The predicted octanol–water partition coefficient (Wildman–Crippen LogP) is 4.26. The maximum absolute atomic E-state index is 12.2. The molecule has 0 aliphatic rings. The van der Waals surface area contributed by atoms with Crippen LogP contribution in [0.3, 0.4) is 0 Å². The van der Waals surface area contributed by atoms with Gasteiger partial charge in [0.15, 0.2) is 0 Å². The quantitative estimate of drug-likeness (QED) is 0.686. The van der Waals surface area contributed by atoms with Crippen LogP contribution in [0, 0.1) is 0 Å². The van der Waals surface area contributed by atoms with Crippen LogP contribution in [0.5, 0.6) is 0 Å². The topological polar surface area (TPSA) is 54.1 Å². The first-order valence-corrected chi connectivity index (χ1v) is 7.82. The highest BCUT2D eigenvalue weighted by Gasteiger charge is 2.15. The van der Waals surface area contributed by atoms with Gasteiger partial charge in [0, 0.05) is 22.8 Å². The van der Waals surface area contributed by atoms with Crippen molar-refractivity contribution in [3.05, 3.63) is 70.3 Å². The first-order chi connectivity index (χ1) is 10.7. The van der Waals surface area contributed by atoms with Gasteiger partial charge in [0.05, 0.1) is 16.5 Å². The fourth-order valence-electron chi connectivity index (χ4n) is 2.03. The molecule has 0 radical (unpaired) electrons. The Bertz CT molecular complexity index is 767. The second-order valence-corrected chi connectivity index (χ2v) is 6.31. The molecule has 0 aliphatic heterocycles. The summed E-state index contributed by atoms with van der Waals surface area (Å²) in [5.74, 6) is -0.295. The van der Waals surface area contributed by atoms with Crippen LogP contribution in [-0.2, 0) is 11.4 Å². The number of carbonyl (C=O) groups is 1. The zero-order chi connectivity index (χ0) is 15.4. The highest BCUT2D eigenvalue weighted by atomic mass is 35.5. The minimum Gasteiger partial charge on any atom is -0.366 e. The van der Waals surface area contributed by atoms with Gasteiger partial charge in [0.2, 0.25) is 0 Å². The van der Waals surface area contributed by atoms with Crippen molar-refractivity contribution >= 4 is 28.8 Å². The zero-order valence-electron chi connectivity index (χ0n) is 11.5. The van der Waals surface area contributed by atoms with Crippen LogP contribution < -0.4 is 5.48 Å². The van der Waals surface area contributed by atoms with Crippen LogP contribution in [0.1, 0.15) is 15.9 Å². The Kier molecular flexibility index (Phi) is 4.58. The standard InChI is InChI=1S/C16H13ClN2O2S/c17-15-7-6-14(22-15)12-8-18-9-13(12)16(20)19-21-10-11-4-2-1-3-5-11/h1-9,18H,10H2,(H,19,20). The van der Waals surface area contributed by atoms with E-state index in [2.05, 4.69) is 10.5 Å². The number of nitrogens with one attached hydrogen (secondary N) is 2. The van der Waals surface area contributed by atoms with Gasteiger partial charge in [-0.1, -0.05) is 41.9 Å². The third kappa shape index (κ3) is 3.39. The van der Waals surface area contributed by atoms with Crippen LogP contribution in [-0.4, -0.2) is 10.9 Å². The highest BCUT2D eigenvalue weighted by molar-refractivity contribution is 7.19. The molecular formula is C16H13ClN2O2S. The summed E-state index contributed by atoms with van der Waals surface area (Å²) in [4.78, 5) is 21.4. The second-order valence-electron chi connectivity index (χ2n) is 4.59. The van der Waals surface area contributed by atoms with E-state index in [9.17, 15) is 4.79 Å². The Balaban J connectivity index is 1.65. The van der Waals surface area contributed by atoms with Gasteiger partial charge < -0.3 is 4.98 Å². The van der Waals surface area contributed by atoms with Crippen molar-refractivity contribution < 1.29 is 9.63 Å². The van der Waals surface area contributed by atoms with Gasteiger partial charge in [-0.3, -0.25) is 9.63 Å². The van der Waals surface area contributed by atoms with Gasteiger partial charge in [-0.2, -0.15) is 0 Å². The normalized spacial score (nSPS) is 10.6. The molecule has 3 aromatic rings. The van der Waals surface area contributed by atoms with Crippen molar-refractivity contribution in [3.63, 3.8) is 0 Å². The summed E-state index contributed by atoms with van der Waals surface area (Å²) in [5.41, 5.74) is 4.77. The number of amides is 1. The van der Waals surface area contributed by atoms with Gasteiger partial charge in [0.25, 0.3) is 5.91 Å². The number of carbonyl (C=O) groups excluding carboxylic acids is 1. The maximum Gasteiger partial charge on any atom is 0.277 e. The maximum atomic E-state index is 12.2. The average Bonchev–Trinajstić information content (AvgIpc) is 3.16. The van der Waals surface area contributed by atoms with E-state index in [4.69, 9.17) is 16.4 Å². The summed E-state index contributed by atoms with van der Waals surface area (Å²) in [7, 11) is 0. The van der Waals surface area contributed by atoms with Crippen LogP contribution >= 0.6 is 22.9 Å². The van der Waals surface area contributed by atoms with Gasteiger partial charge in [0.1, 0.15) is 0 Å². The first kappa shape index (κ1) is 14.8. The second kappa shape index (κ2) is 6.79. The molecule has 0 saturated carbocycles. The van der Waals surface area contributed by atoms with Gasteiger partial charge in [-0.25, -0.2) is 5.48 Å². The minimum atomic E-state index is -0.295. The van der Waals surface area contributed by atoms with E-state index < -0.39 is 0 Å². The van der Waals surface area contributed by atoms with Crippen molar-refractivity contribution in [2.24, 2.45) is 0 Å². The average molecular weight is 333 g/mol. The summed E-state index contributed by atoms with van der Waals surface area (Å²) in [6, 6.07) is 13.3. The number of aromatic amines is 1. The fraction of sp³-hybridized carbons (Fsp3) is 0.0625. The highest BCUT2D eigenvalue weighted by Crippen LogP contribution is 2.32. The van der Waals surface area contributed by atoms with E-state index >= 15 is 0 Å². The van der Waals surface area contributed by atoms with Gasteiger partial charge >= 0.3 is 0 Å². The molecule has 3 rings (SSSR count). The molecule has 0 atom stereocenters. The lowest BCUT2D eigenvalue weighted by Gasteiger charge is -2.06. The number of hydrogen-bond donors (Lipinski definition) is 2. The molecule has 22 heavy (non-hydrogen) atoms. The van der Waals surface area contributed by atoms with Crippen molar-refractivity contribution in [2.45, 2.75) is 6.61 Å². The largest absolute Gasteiger partial charge is 0.366 e. The molecule has 2 N–H and O–H groups in total. The van der Waals surface area contributed by atoms with Gasteiger partial charge in [-0.15, -0.1) is 11.3 Å². The number of thiophene rings is 1. The Morgan fingerprint density at radius 3 is 2.73 bits per heavy atom. The van der Waals surface area contributed by atoms with Crippen LogP contribution in [0.2, 0.25) is 4.34 Å². The molecule has 0 unspecified atom stereocenters. The minimum absolute atomic E-state index is 0.295. The van der Waals surface area contributed by atoms with E-state index in [-0.39, 0.29) is 5.91 Å². The molecule has 0 aliphatic carbocycles. The summed E-state index contributed by atoms with van der Waals surface area (Å²) in [6.45, 7) is 0.317. The molecule has 1 amide bonds. The van der Waals surface area contributed by atoms with Crippen LogP contribution in [0.25, 0.3) is 10.4 Å². The third-order valence-corrected chi connectivity index (χ3v) is 4.34. The molecular weight excluding hydrogens is 320 g/mol. The van der Waals surface area contributed by atoms with Crippen molar-refractivity contribution in [2.75, 3.05) is 0 Å². The smallest absolute Gasteiger partial charge is 0.277 e. The van der Waals surface area contributed by atoms with E-state index in [0.29, 0.717) is 16.5 Å². The number of hydrogen-bond acceptors (Lipinski definition) is 3. The summed E-state index contributed by atoms with van der Waals surface area (Å²) in [6.07, 6.45) is 3.42. The first-order valence-electron chi connectivity index (χ1n) is 6.62. The Morgan fingerprint density at radius 2 is 2.00 bits per heavy atom. The molecule has 0 fully saturated rings. The lowest BCUT2D eigenvalue weighted by molar-refractivity contribution is 0.0234. The van der Waals surface area contributed by atoms with Crippen molar-refractivity contribution in [1.29, 1.82) is 0 Å². The van der Waals surface area contributed by atoms with Crippen LogP contribution in [0.15, 0.2) is 54.9 Å². The van der Waals surface area contributed by atoms with E-state index in [0.717, 1.165) is 16.0 Å². The number of rotatable bonds is 5. The molecule has 2 aromatic heterocycles. The summed E-state index contributed by atoms with van der Waals surface area (Å²) in [5, 5.41) is 0. The lowest BCUT2D eigenvalue weighted by Crippen LogP contribution is -2.23. The number of aromatic nitrogens is 1. The number of hydroxylamine groups is 1. The molecule has 0 spiro atoms. The SMILES string of the molecule is O=C(NOCc1ccccc1)c1c[nH]cc1-c1ccc(Cl)s1. The van der Waals surface area contributed by atoms with E-state index in [1.54, 1.807) is 12.4 Å². The third-order valence-electron chi connectivity index (χ3n) is 3.08. The molecule has 112 valence electrons. The molecule has 4 nitrogen and oxygen atoms in total. The van der Waals surface area contributed by atoms with Gasteiger partial charge in [-0.05, 0) is 17.7 Å². The zero-order valence-corrected chi connectivity index (χ0v) is 13.1. The number of halogens is 1. The predicted molar refractivity (Wildman–Crippen MR) is 87.8 cm³/mol. The number of benzene rings is 1. The molecule has 6 heteroatoms. The Morgan fingerprint density at radius 1 is 1.18 bits per heavy atom. The van der Waals surface area contributed by atoms with Crippen molar-refractivity contribution in [3.8, 4) is 10.4 Å². The molecule has 0 bridgehead atoms. The molecule has 2 heterocycles. The molecule has 0 saturated heterocycles. The summed E-state index contributed by atoms with van der Waals surface area (Å²) >= 11 is 7.37. The lowest BCUT2D eigenvalue weighted by atomic mass is 10.1. The Labute approximate surface area is 136 Å². The number of H-pyrrole nitrogens is 1. The summed E-state index contributed by atoms with van der Waals surface area (Å²) < 4.78 is 0.683. The fourth-order valence-corrected chi connectivity index (χ4v) is 3.10. The monoisotopic (exact) mass is 332 g/mol. The van der Waals surface area contributed by atoms with E-state index in [1.165, 1.54) is 11.3 Å². The van der Waals surface area contributed by atoms with E-state index in [1.807, 2.05) is 42.5 Å². The molecule has 1 aromatic carbocycles. The van der Waals surface area contributed by atoms with Crippen molar-refractivity contribution in [1.82, 2.24) is 10.5 Å².